The van der Waals surface area contributed by atoms with E-state index in [1.165, 1.54) is 25.7 Å². The fraction of sp³-hybridized carbons (Fsp3) is 0.529. The van der Waals surface area contributed by atoms with Gasteiger partial charge in [0.2, 0.25) is 0 Å². The molecule has 3 rings (SSSR count). The van der Waals surface area contributed by atoms with E-state index in [1.54, 1.807) is 18.5 Å². The van der Waals surface area contributed by atoms with Crippen LogP contribution in [0.15, 0.2) is 18.5 Å². The van der Waals surface area contributed by atoms with E-state index in [1.807, 2.05) is 0 Å². The van der Waals surface area contributed by atoms with Crippen LogP contribution in [0.3, 0.4) is 0 Å². The Bertz CT molecular complexity index is 568. The van der Waals surface area contributed by atoms with Gasteiger partial charge in [-0.1, -0.05) is 11.8 Å². The van der Waals surface area contributed by atoms with Gasteiger partial charge in [0.05, 0.1) is 17.7 Å². The fourth-order valence-electron chi connectivity index (χ4n) is 2.67. The Kier molecular flexibility index (Phi) is 4.21. The van der Waals surface area contributed by atoms with E-state index in [2.05, 4.69) is 22.1 Å². The largest absolute Gasteiger partial charge is 0.395 e. The Balaban J connectivity index is 1.73. The molecule has 2 aliphatic carbocycles. The van der Waals surface area contributed by atoms with Gasteiger partial charge < -0.3 is 10.4 Å². The van der Waals surface area contributed by atoms with Gasteiger partial charge in [-0.15, -0.1) is 0 Å². The number of nitrogens with zero attached hydrogens (tertiary/aromatic N) is 1. The average molecular weight is 284 g/mol. The topological polar surface area (TPSA) is 62.2 Å². The third kappa shape index (κ3) is 3.62. The molecular formula is C17H20N2O2. The number of amides is 1. The molecule has 4 heteroatoms. The molecule has 0 saturated heterocycles. The lowest BCUT2D eigenvalue weighted by Gasteiger charge is -2.18. The Morgan fingerprint density at radius 2 is 2.10 bits per heavy atom. The normalized spacial score (nSPS) is 17.2. The lowest BCUT2D eigenvalue weighted by atomic mass is 10.1. The molecule has 1 aromatic rings. The van der Waals surface area contributed by atoms with Crippen molar-refractivity contribution >= 4 is 5.91 Å². The van der Waals surface area contributed by atoms with Crippen LogP contribution in [0.5, 0.6) is 0 Å². The van der Waals surface area contributed by atoms with Crippen LogP contribution in [-0.2, 0) is 0 Å². The van der Waals surface area contributed by atoms with Crippen LogP contribution in [-0.4, -0.2) is 28.6 Å². The van der Waals surface area contributed by atoms with Gasteiger partial charge in [-0.2, -0.15) is 0 Å². The second-order valence-corrected chi connectivity index (χ2v) is 5.87. The molecule has 2 N–H and O–H groups in total. The number of carbonyl (C=O) groups excluding carboxylic acids is 1. The fourth-order valence-corrected chi connectivity index (χ4v) is 2.67. The summed E-state index contributed by atoms with van der Waals surface area (Å²) in [6, 6.07) is 2.05. The molecule has 0 aromatic carbocycles. The van der Waals surface area contributed by atoms with E-state index in [0.29, 0.717) is 35.4 Å². The summed E-state index contributed by atoms with van der Waals surface area (Å²) in [5, 5.41) is 12.0. The molecule has 0 aliphatic heterocycles. The van der Waals surface area contributed by atoms with Crippen molar-refractivity contribution in [2.24, 2.45) is 11.8 Å². The molecule has 4 nitrogen and oxygen atoms in total. The maximum atomic E-state index is 12.5. The van der Waals surface area contributed by atoms with Crippen molar-refractivity contribution in [3.8, 4) is 11.8 Å². The number of carbonyl (C=O) groups is 1. The van der Waals surface area contributed by atoms with Crippen LogP contribution in [0, 0.1) is 23.7 Å². The van der Waals surface area contributed by atoms with Crippen LogP contribution < -0.4 is 5.32 Å². The molecule has 1 amide bonds. The van der Waals surface area contributed by atoms with Crippen molar-refractivity contribution in [3.63, 3.8) is 0 Å². The highest BCUT2D eigenvalue weighted by atomic mass is 16.2. The molecule has 2 aliphatic rings. The summed E-state index contributed by atoms with van der Waals surface area (Å²) in [4.78, 5) is 16.6. The number of aromatic nitrogens is 1. The summed E-state index contributed by atoms with van der Waals surface area (Å²) in [6.45, 7) is 0.0280. The van der Waals surface area contributed by atoms with Crippen LogP contribution in [0.4, 0.5) is 0 Å². The molecule has 21 heavy (non-hydrogen) atoms. The summed E-state index contributed by atoms with van der Waals surface area (Å²) in [5.41, 5.74) is 1.22. The summed E-state index contributed by atoms with van der Waals surface area (Å²) >= 11 is 0. The summed E-state index contributed by atoms with van der Waals surface area (Å²) in [7, 11) is 0. The highest BCUT2D eigenvalue weighted by molar-refractivity contribution is 5.96. The van der Waals surface area contributed by atoms with Gasteiger partial charge >= 0.3 is 0 Å². The third-order valence-corrected chi connectivity index (χ3v) is 4.08. The van der Waals surface area contributed by atoms with Crippen LogP contribution in [0.2, 0.25) is 0 Å². The number of hydrogen-bond acceptors (Lipinski definition) is 3. The Hall–Kier alpha value is -1.86. The number of pyridine rings is 1. The standard InChI is InChI=1S/C17H20N2O2/c20-10-2-1-3-14-11-18-9-8-15(14)17(21)19-16(12-4-5-12)13-6-7-13/h8-9,11-13,16,20H,2,4-7,10H2,(H,19,21). The minimum absolute atomic E-state index is 0.0280. The van der Waals surface area contributed by atoms with E-state index < -0.39 is 0 Å². The first-order chi connectivity index (χ1) is 10.3. The van der Waals surface area contributed by atoms with Crippen LogP contribution in [0.1, 0.15) is 48.0 Å². The molecule has 1 aromatic heterocycles. The van der Waals surface area contributed by atoms with Crippen molar-refractivity contribution < 1.29 is 9.90 Å². The predicted molar refractivity (Wildman–Crippen MR) is 79.5 cm³/mol. The minimum Gasteiger partial charge on any atom is -0.395 e. The zero-order chi connectivity index (χ0) is 14.7. The highest BCUT2D eigenvalue weighted by Gasteiger charge is 2.42. The maximum absolute atomic E-state index is 12.5. The first-order valence-corrected chi connectivity index (χ1v) is 7.64. The van der Waals surface area contributed by atoms with Gasteiger partial charge in [-0.05, 0) is 43.6 Å². The molecule has 0 atom stereocenters. The predicted octanol–water partition coefficient (Wildman–Crippen LogP) is 1.73. The molecule has 2 saturated carbocycles. The van der Waals surface area contributed by atoms with E-state index >= 15 is 0 Å². The van der Waals surface area contributed by atoms with Crippen molar-refractivity contribution in [1.82, 2.24) is 10.3 Å². The van der Waals surface area contributed by atoms with Gasteiger partial charge in [0.15, 0.2) is 0 Å². The monoisotopic (exact) mass is 284 g/mol. The molecule has 0 bridgehead atoms. The van der Waals surface area contributed by atoms with Crippen molar-refractivity contribution in [1.29, 1.82) is 0 Å². The molecule has 110 valence electrons. The molecule has 0 unspecified atom stereocenters. The quantitative estimate of drug-likeness (QED) is 0.810. The second kappa shape index (κ2) is 6.28. The maximum Gasteiger partial charge on any atom is 0.252 e. The van der Waals surface area contributed by atoms with Crippen molar-refractivity contribution in [2.75, 3.05) is 6.61 Å². The van der Waals surface area contributed by atoms with Crippen molar-refractivity contribution in [2.45, 2.75) is 38.1 Å². The minimum atomic E-state index is -0.0468. The van der Waals surface area contributed by atoms with E-state index in [-0.39, 0.29) is 12.5 Å². The zero-order valence-electron chi connectivity index (χ0n) is 12.0. The number of rotatable bonds is 5. The summed E-state index contributed by atoms with van der Waals surface area (Å²) < 4.78 is 0. The van der Waals surface area contributed by atoms with Gasteiger partial charge in [-0.3, -0.25) is 9.78 Å². The molecular weight excluding hydrogens is 264 g/mol. The molecule has 1 heterocycles. The van der Waals surface area contributed by atoms with Gasteiger partial charge in [0.1, 0.15) is 0 Å². The lowest BCUT2D eigenvalue weighted by Crippen LogP contribution is -2.38. The highest BCUT2D eigenvalue weighted by Crippen LogP contribution is 2.44. The molecule has 0 spiro atoms. The van der Waals surface area contributed by atoms with E-state index in [9.17, 15) is 4.79 Å². The number of aliphatic hydroxyl groups excluding tert-OH is 1. The lowest BCUT2D eigenvalue weighted by molar-refractivity contribution is 0.0926. The Morgan fingerprint density at radius 1 is 1.38 bits per heavy atom. The summed E-state index contributed by atoms with van der Waals surface area (Å²) in [5.74, 6) is 7.07. The first kappa shape index (κ1) is 14.1. The zero-order valence-corrected chi connectivity index (χ0v) is 12.0. The third-order valence-electron chi connectivity index (χ3n) is 4.08. The average Bonchev–Trinajstić information content (AvgIpc) is 3.39. The Morgan fingerprint density at radius 3 is 2.71 bits per heavy atom. The van der Waals surface area contributed by atoms with Crippen LogP contribution in [0.25, 0.3) is 0 Å². The smallest absolute Gasteiger partial charge is 0.252 e. The second-order valence-electron chi connectivity index (χ2n) is 5.87. The molecule has 2 fully saturated rings. The number of nitrogens with one attached hydrogen (secondary N) is 1. The number of aliphatic hydroxyl groups is 1. The molecule has 0 radical (unpaired) electrons. The first-order valence-electron chi connectivity index (χ1n) is 7.64. The van der Waals surface area contributed by atoms with E-state index in [0.717, 1.165) is 0 Å². The van der Waals surface area contributed by atoms with Gasteiger partial charge in [-0.25, -0.2) is 0 Å². The van der Waals surface area contributed by atoms with Gasteiger partial charge in [0, 0.05) is 24.9 Å². The van der Waals surface area contributed by atoms with E-state index in [4.69, 9.17) is 5.11 Å². The van der Waals surface area contributed by atoms with Gasteiger partial charge in [0.25, 0.3) is 5.91 Å². The summed E-state index contributed by atoms with van der Waals surface area (Å²) in [6.07, 6.45) is 8.59. The SMILES string of the molecule is O=C(NC(C1CC1)C1CC1)c1ccncc1C#CCCO. The van der Waals surface area contributed by atoms with Crippen LogP contribution >= 0.6 is 0 Å². The van der Waals surface area contributed by atoms with Crippen molar-refractivity contribution in [3.05, 3.63) is 29.6 Å². The Labute approximate surface area is 125 Å². The number of hydrogen-bond donors (Lipinski definition) is 2.